The summed E-state index contributed by atoms with van der Waals surface area (Å²) in [4.78, 5) is 23.0. The predicted octanol–water partition coefficient (Wildman–Crippen LogP) is 4.68. The Morgan fingerprint density at radius 2 is 1.06 bits per heavy atom. The molecule has 2 N–H and O–H groups in total. The third kappa shape index (κ3) is 11.0. The van der Waals surface area contributed by atoms with Gasteiger partial charge in [-0.3, -0.25) is 9.59 Å². The van der Waals surface area contributed by atoms with Gasteiger partial charge in [0.2, 0.25) is 10.9 Å². The highest BCUT2D eigenvalue weighted by atomic mass is 16.5. The van der Waals surface area contributed by atoms with Crippen molar-refractivity contribution in [2.75, 3.05) is 26.4 Å². The van der Waals surface area contributed by atoms with Crippen LogP contribution in [0.25, 0.3) is 0 Å². The minimum Gasteiger partial charge on any atom is -0.502 e. The second-order valence-electron chi connectivity index (χ2n) is 9.60. The van der Waals surface area contributed by atoms with Gasteiger partial charge in [-0.05, 0) is 23.7 Å². The van der Waals surface area contributed by atoms with E-state index < -0.39 is 10.9 Å². The quantitative estimate of drug-likeness (QED) is 0.397. The van der Waals surface area contributed by atoms with Crippen LogP contribution < -0.4 is 10.9 Å². The summed E-state index contributed by atoms with van der Waals surface area (Å²) >= 11 is 0. The lowest BCUT2D eigenvalue weighted by atomic mass is 9.85. The van der Waals surface area contributed by atoms with Crippen LogP contribution in [0, 0.1) is 10.8 Å². The van der Waals surface area contributed by atoms with Gasteiger partial charge in [0.1, 0.15) is 24.0 Å². The van der Waals surface area contributed by atoms with E-state index in [9.17, 15) is 19.8 Å². The van der Waals surface area contributed by atoms with Crippen molar-refractivity contribution in [3.05, 3.63) is 56.6 Å². The highest BCUT2D eigenvalue weighted by Crippen LogP contribution is 2.27. The van der Waals surface area contributed by atoms with Gasteiger partial charge in [-0.15, -0.1) is 0 Å². The Morgan fingerprint density at radius 3 is 1.38 bits per heavy atom. The summed E-state index contributed by atoms with van der Waals surface area (Å²) in [5, 5.41) is 18.5. The van der Waals surface area contributed by atoms with Crippen LogP contribution >= 0.6 is 0 Å². The second-order valence-corrected chi connectivity index (χ2v) is 9.60. The Balaban J connectivity index is 0.00000281. The molecule has 2 aromatic heterocycles. The van der Waals surface area contributed by atoms with Crippen LogP contribution in [0.1, 0.15) is 65.9 Å². The maximum Gasteiger partial charge on any atom is 0.226 e. The summed E-state index contributed by atoms with van der Waals surface area (Å²) in [6.45, 7) is 14.4. The van der Waals surface area contributed by atoms with Crippen LogP contribution in [-0.2, 0) is 22.3 Å². The first-order valence-corrected chi connectivity index (χ1v) is 11.7. The molecule has 0 amide bonds. The molecule has 0 aliphatic heterocycles. The minimum absolute atomic E-state index is 0.124. The third-order valence-corrected chi connectivity index (χ3v) is 5.26. The smallest absolute Gasteiger partial charge is 0.226 e. The summed E-state index contributed by atoms with van der Waals surface area (Å²) in [7, 11) is 0. The average Bonchev–Trinajstić information content (AvgIpc) is 2.76. The number of aromatic hydroxyl groups is 2. The zero-order chi connectivity index (χ0) is 25.8. The van der Waals surface area contributed by atoms with Crippen LogP contribution in [0.2, 0.25) is 0 Å². The molecule has 8 heteroatoms. The number of hydrogen-bond acceptors (Lipinski definition) is 8. The molecule has 0 unspecified atom stereocenters. The summed E-state index contributed by atoms with van der Waals surface area (Å²) in [6.07, 6.45) is 4.84. The van der Waals surface area contributed by atoms with Gasteiger partial charge in [-0.2, -0.15) is 0 Å². The number of hydrogen-bond donors (Lipinski definition) is 2. The van der Waals surface area contributed by atoms with Crippen LogP contribution in [0.3, 0.4) is 0 Å². The van der Waals surface area contributed by atoms with E-state index >= 15 is 0 Å². The molecular formula is C26H40O8. The van der Waals surface area contributed by atoms with Gasteiger partial charge in [0.25, 0.3) is 0 Å². The Morgan fingerprint density at radius 1 is 0.706 bits per heavy atom. The van der Waals surface area contributed by atoms with E-state index in [1.54, 1.807) is 0 Å². The largest absolute Gasteiger partial charge is 0.502 e. The first-order valence-electron chi connectivity index (χ1n) is 11.7. The molecule has 8 nitrogen and oxygen atoms in total. The molecule has 0 aliphatic carbocycles. The van der Waals surface area contributed by atoms with Gasteiger partial charge < -0.3 is 28.5 Å². The molecule has 2 heterocycles. The first kappa shape index (κ1) is 29.5. The molecule has 0 atom stereocenters. The van der Waals surface area contributed by atoms with E-state index in [1.807, 2.05) is 13.8 Å². The fourth-order valence-electron chi connectivity index (χ4n) is 3.21. The maximum absolute atomic E-state index is 11.5. The van der Waals surface area contributed by atoms with Crippen LogP contribution in [-0.4, -0.2) is 36.6 Å². The fraction of sp³-hybridized carbons (Fsp3) is 0.615. The summed E-state index contributed by atoms with van der Waals surface area (Å²) in [5.74, 6) is 0.307. The van der Waals surface area contributed by atoms with Gasteiger partial charge in [-0.25, -0.2) is 0 Å². The average molecular weight is 481 g/mol. The highest BCUT2D eigenvalue weighted by Gasteiger charge is 2.21. The topological polar surface area (TPSA) is 119 Å². The van der Waals surface area contributed by atoms with Crippen LogP contribution in [0.4, 0.5) is 0 Å². The van der Waals surface area contributed by atoms with E-state index in [1.165, 1.54) is 12.1 Å². The zero-order valence-electron chi connectivity index (χ0n) is 21.3. The summed E-state index contributed by atoms with van der Waals surface area (Å²) in [6, 6.07) is 2.64. The lowest BCUT2D eigenvalue weighted by Crippen LogP contribution is -2.20. The standard InChI is InChI=1S/C24H34O8.C2H6/c1-23(2,13-17-11-19(25)21(27)15-31-17)5-7-29-9-10-30-8-6-24(3,4)14-18-12-20(26)22(28)16-32-18;1-2/h11-12,15-16,27-28H,5-10,13-14H2,1-4H3;1-2H3. The van der Waals surface area contributed by atoms with Crippen molar-refractivity contribution in [2.24, 2.45) is 10.8 Å². The molecule has 0 aliphatic rings. The SMILES string of the molecule is CC.CC(C)(CCOCCOCCC(C)(C)Cc1cc(=O)c(O)co1)Cc1cc(=O)c(O)co1. The van der Waals surface area contributed by atoms with Gasteiger partial charge in [0, 0.05) is 38.2 Å². The fourth-order valence-corrected chi connectivity index (χ4v) is 3.21. The van der Waals surface area contributed by atoms with Gasteiger partial charge in [0.15, 0.2) is 11.5 Å². The third-order valence-electron chi connectivity index (χ3n) is 5.26. The van der Waals surface area contributed by atoms with E-state index in [2.05, 4.69) is 27.7 Å². The minimum atomic E-state index is -0.439. The molecular weight excluding hydrogens is 440 g/mol. The Bertz CT molecular complexity index is 892. The summed E-state index contributed by atoms with van der Waals surface area (Å²) < 4.78 is 21.9. The second kappa shape index (κ2) is 14.0. The first-order chi connectivity index (χ1) is 16.0. The molecule has 34 heavy (non-hydrogen) atoms. The van der Waals surface area contributed by atoms with Crippen molar-refractivity contribution in [1.82, 2.24) is 0 Å². The van der Waals surface area contributed by atoms with Crippen molar-refractivity contribution in [1.29, 1.82) is 0 Å². The molecule has 0 spiro atoms. The number of rotatable bonds is 13. The highest BCUT2D eigenvalue weighted by molar-refractivity contribution is 5.16. The van der Waals surface area contributed by atoms with E-state index in [-0.39, 0.29) is 22.3 Å². The Labute approximate surface area is 201 Å². The van der Waals surface area contributed by atoms with Crippen molar-refractivity contribution < 1.29 is 28.5 Å². The Hall–Kier alpha value is -2.58. The van der Waals surface area contributed by atoms with Crippen molar-refractivity contribution in [3.8, 4) is 11.5 Å². The molecule has 0 aromatic carbocycles. The van der Waals surface area contributed by atoms with Gasteiger partial charge in [-0.1, -0.05) is 41.5 Å². The van der Waals surface area contributed by atoms with Crippen molar-refractivity contribution in [2.45, 2.75) is 67.2 Å². The Kier molecular flexibility index (Phi) is 12.1. The van der Waals surface area contributed by atoms with E-state index in [4.69, 9.17) is 18.3 Å². The lowest BCUT2D eigenvalue weighted by Gasteiger charge is -2.24. The molecule has 2 aromatic rings. The van der Waals surface area contributed by atoms with Gasteiger partial charge >= 0.3 is 0 Å². The molecule has 0 saturated heterocycles. The number of ether oxygens (including phenoxy) is 2. The molecule has 0 radical (unpaired) electrons. The monoisotopic (exact) mass is 480 g/mol. The van der Waals surface area contributed by atoms with Gasteiger partial charge in [0.05, 0.1) is 13.2 Å². The normalized spacial score (nSPS) is 11.7. The van der Waals surface area contributed by atoms with E-state index in [0.29, 0.717) is 50.8 Å². The molecule has 0 bridgehead atoms. The van der Waals surface area contributed by atoms with Crippen LogP contribution in [0.5, 0.6) is 11.5 Å². The van der Waals surface area contributed by atoms with Crippen LogP contribution in [0.15, 0.2) is 43.1 Å². The predicted molar refractivity (Wildman–Crippen MR) is 130 cm³/mol. The molecule has 2 rings (SSSR count). The van der Waals surface area contributed by atoms with Crippen molar-refractivity contribution in [3.63, 3.8) is 0 Å². The maximum atomic E-state index is 11.5. The molecule has 0 saturated carbocycles. The summed E-state index contributed by atoms with van der Waals surface area (Å²) in [5.41, 5.74) is -1.13. The zero-order valence-corrected chi connectivity index (χ0v) is 21.3. The molecule has 192 valence electrons. The molecule has 0 fully saturated rings. The van der Waals surface area contributed by atoms with Crippen molar-refractivity contribution >= 4 is 0 Å². The lowest BCUT2D eigenvalue weighted by molar-refractivity contribution is 0.0280. The van der Waals surface area contributed by atoms with E-state index in [0.717, 1.165) is 25.4 Å².